The zero-order valence-corrected chi connectivity index (χ0v) is 9.58. The molecule has 0 bridgehead atoms. The lowest BCUT2D eigenvalue weighted by Gasteiger charge is -2.11. The van der Waals surface area contributed by atoms with Crippen LogP contribution in [0, 0.1) is 0 Å². The van der Waals surface area contributed by atoms with Crippen LogP contribution in [0.15, 0.2) is 30.5 Å². The predicted octanol–water partition coefficient (Wildman–Crippen LogP) is 1.89. The summed E-state index contributed by atoms with van der Waals surface area (Å²) in [6.45, 7) is 1.62. The number of fused-ring (bicyclic) bond motifs is 1. The van der Waals surface area contributed by atoms with Crippen LogP contribution in [-0.4, -0.2) is 23.9 Å². The summed E-state index contributed by atoms with van der Waals surface area (Å²) in [5.74, 6) is 0.174. The van der Waals surface area contributed by atoms with E-state index < -0.39 is 0 Å². The predicted molar refractivity (Wildman–Crippen MR) is 65.5 cm³/mol. The molecule has 0 aliphatic heterocycles. The average molecular weight is 216 g/mol. The van der Waals surface area contributed by atoms with Crippen LogP contribution in [0.3, 0.4) is 0 Å². The van der Waals surface area contributed by atoms with Gasteiger partial charge in [0.1, 0.15) is 5.78 Å². The van der Waals surface area contributed by atoms with Crippen molar-refractivity contribution in [1.82, 2.24) is 10.3 Å². The van der Waals surface area contributed by atoms with Gasteiger partial charge < -0.3 is 10.3 Å². The first kappa shape index (κ1) is 10.9. The number of hydrogen-bond acceptors (Lipinski definition) is 2. The van der Waals surface area contributed by atoms with E-state index in [9.17, 15) is 4.79 Å². The van der Waals surface area contributed by atoms with E-state index >= 15 is 0 Å². The van der Waals surface area contributed by atoms with E-state index in [0.717, 1.165) is 11.9 Å². The van der Waals surface area contributed by atoms with Crippen molar-refractivity contribution in [3.8, 4) is 0 Å². The van der Waals surface area contributed by atoms with Crippen molar-refractivity contribution in [3.63, 3.8) is 0 Å². The highest BCUT2D eigenvalue weighted by atomic mass is 16.1. The van der Waals surface area contributed by atoms with Crippen LogP contribution in [0.5, 0.6) is 0 Å². The van der Waals surface area contributed by atoms with Gasteiger partial charge in [0, 0.05) is 17.1 Å². The van der Waals surface area contributed by atoms with Crippen LogP contribution in [0.25, 0.3) is 10.9 Å². The number of likely N-dealkylation sites (N-methyl/N-ethyl adjacent to an activating group) is 1. The fourth-order valence-corrected chi connectivity index (χ4v) is 1.97. The van der Waals surface area contributed by atoms with E-state index in [-0.39, 0.29) is 11.8 Å². The highest BCUT2D eigenvalue weighted by Gasteiger charge is 2.14. The molecular formula is C13H16N2O. The molecule has 1 atom stereocenters. The molecule has 0 amide bonds. The standard InChI is InChI=1S/C13H16N2O/c1-9(16)13(14-2)7-10-8-15-12-6-4-3-5-11(10)12/h3-6,8,13-15H,7H2,1-2H3/t13-/m1/s1. The second-order valence-electron chi connectivity index (χ2n) is 4.02. The third-order valence-corrected chi connectivity index (χ3v) is 2.94. The maximum absolute atomic E-state index is 11.4. The minimum absolute atomic E-state index is 0.0980. The van der Waals surface area contributed by atoms with E-state index in [2.05, 4.69) is 16.4 Å². The summed E-state index contributed by atoms with van der Waals surface area (Å²) < 4.78 is 0. The second kappa shape index (κ2) is 4.49. The first-order chi connectivity index (χ1) is 7.72. The molecule has 0 aliphatic rings. The van der Waals surface area contributed by atoms with Gasteiger partial charge in [-0.3, -0.25) is 4.79 Å². The largest absolute Gasteiger partial charge is 0.361 e. The van der Waals surface area contributed by atoms with Gasteiger partial charge >= 0.3 is 0 Å². The van der Waals surface area contributed by atoms with Crippen LogP contribution < -0.4 is 5.32 Å². The Morgan fingerprint density at radius 3 is 2.88 bits per heavy atom. The number of nitrogens with one attached hydrogen (secondary N) is 2. The number of para-hydroxylation sites is 1. The number of benzene rings is 1. The number of carbonyl (C=O) groups excluding carboxylic acids is 1. The molecule has 2 aromatic rings. The molecule has 0 radical (unpaired) electrons. The van der Waals surface area contributed by atoms with E-state index in [1.54, 1.807) is 6.92 Å². The van der Waals surface area contributed by atoms with E-state index in [0.29, 0.717) is 0 Å². The molecule has 3 heteroatoms. The molecule has 2 rings (SSSR count). The van der Waals surface area contributed by atoms with Gasteiger partial charge in [0.25, 0.3) is 0 Å². The molecule has 1 aromatic carbocycles. The molecule has 3 nitrogen and oxygen atoms in total. The summed E-state index contributed by atoms with van der Waals surface area (Å²) in [5.41, 5.74) is 2.31. The minimum Gasteiger partial charge on any atom is -0.361 e. The number of carbonyl (C=O) groups is 1. The molecular weight excluding hydrogens is 200 g/mol. The lowest BCUT2D eigenvalue weighted by atomic mass is 10.0. The topological polar surface area (TPSA) is 44.9 Å². The van der Waals surface area contributed by atoms with Crippen LogP contribution in [0.1, 0.15) is 12.5 Å². The van der Waals surface area contributed by atoms with Gasteiger partial charge in [0.2, 0.25) is 0 Å². The van der Waals surface area contributed by atoms with Crippen molar-refractivity contribution >= 4 is 16.7 Å². The SMILES string of the molecule is CN[C@H](Cc1c[nH]c2ccccc12)C(C)=O. The van der Waals surface area contributed by atoms with Crippen LogP contribution in [0.2, 0.25) is 0 Å². The molecule has 0 spiro atoms. The van der Waals surface area contributed by atoms with Crippen molar-refractivity contribution in [2.45, 2.75) is 19.4 Å². The quantitative estimate of drug-likeness (QED) is 0.819. The summed E-state index contributed by atoms with van der Waals surface area (Å²) in [7, 11) is 1.82. The van der Waals surface area contributed by atoms with E-state index in [1.165, 1.54) is 10.9 Å². The molecule has 0 fully saturated rings. The van der Waals surface area contributed by atoms with Crippen LogP contribution in [0.4, 0.5) is 0 Å². The van der Waals surface area contributed by atoms with Gasteiger partial charge in [-0.2, -0.15) is 0 Å². The second-order valence-corrected chi connectivity index (χ2v) is 4.02. The molecule has 0 unspecified atom stereocenters. The minimum atomic E-state index is -0.0980. The Morgan fingerprint density at radius 2 is 2.19 bits per heavy atom. The summed E-state index contributed by atoms with van der Waals surface area (Å²) >= 11 is 0. The van der Waals surface area contributed by atoms with Gasteiger partial charge in [-0.25, -0.2) is 0 Å². The monoisotopic (exact) mass is 216 g/mol. The lowest BCUT2D eigenvalue weighted by molar-refractivity contribution is -0.118. The fraction of sp³-hybridized carbons (Fsp3) is 0.308. The lowest BCUT2D eigenvalue weighted by Crippen LogP contribution is -2.34. The number of aromatic nitrogens is 1. The summed E-state index contributed by atoms with van der Waals surface area (Å²) in [4.78, 5) is 14.6. The molecule has 16 heavy (non-hydrogen) atoms. The van der Waals surface area contributed by atoms with E-state index in [4.69, 9.17) is 0 Å². The van der Waals surface area contributed by atoms with Gasteiger partial charge in [-0.15, -0.1) is 0 Å². The molecule has 0 saturated carbocycles. The van der Waals surface area contributed by atoms with Crippen LogP contribution >= 0.6 is 0 Å². The summed E-state index contributed by atoms with van der Waals surface area (Å²) in [5, 5.41) is 4.24. The molecule has 1 aromatic heterocycles. The highest BCUT2D eigenvalue weighted by Crippen LogP contribution is 2.19. The fourth-order valence-electron chi connectivity index (χ4n) is 1.97. The maximum Gasteiger partial charge on any atom is 0.147 e. The molecule has 0 aliphatic carbocycles. The molecule has 2 N–H and O–H groups in total. The maximum atomic E-state index is 11.4. The number of rotatable bonds is 4. The normalized spacial score (nSPS) is 12.9. The van der Waals surface area contributed by atoms with Crippen molar-refractivity contribution in [2.24, 2.45) is 0 Å². The smallest absolute Gasteiger partial charge is 0.147 e. The highest BCUT2D eigenvalue weighted by molar-refractivity contribution is 5.86. The van der Waals surface area contributed by atoms with E-state index in [1.807, 2.05) is 31.4 Å². The zero-order valence-electron chi connectivity index (χ0n) is 9.58. The first-order valence-corrected chi connectivity index (χ1v) is 5.45. The zero-order chi connectivity index (χ0) is 11.5. The Morgan fingerprint density at radius 1 is 1.44 bits per heavy atom. The van der Waals surface area contributed by atoms with Crippen molar-refractivity contribution in [2.75, 3.05) is 7.05 Å². The van der Waals surface area contributed by atoms with Crippen molar-refractivity contribution < 1.29 is 4.79 Å². The number of Topliss-reactive ketones (excluding diaryl/α,β-unsaturated/α-hetero) is 1. The molecule has 1 heterocycles. The van der Waals surface area contributed by atoms with Crippen molar-refractivity contribution in [3.05, 3.63) is 36.0 Å². The molecule has 0 saturated heterocycles. The number of H-pyrrole nitrogens is 1. The van der Waals surface area contributed by atoms with Gasteiger partial charge in [-0.1, -0.05) is 18.2 Å². The summed E-state index contributed by atoms with van der Waals surface area (Å²) in [6.07, 6.45) is 2.72. The Labute approximate surface area is 94.9 Å². The Kier molecular flexibility index (Phi) is 3.06. The molecule has 84 valence electrons. The Bertz CT molecular complexity index is 501. The van der Waals surface area contributed by atoms with Crippen LogP contribution in [-0.2, 0) is 11.2 Å². The van der Waals surface area contributed by atoms with Gasteiger partial charge in [0.05, 0.1) is 6.04 Å². The third-order valence-electron chi connectivity index (χ3n) is 2.94. The van der Waals surface area contributed by atoms with Gasteiger partial charge in [0.15, 0.2) is 0 Å². The number of hydrogen-bond donors (Lipinski definition) is 2. The Balaban J connectivity index is 2.30. The average Bonchev–Trinajstić information content (AvgIpc) is 2.69. The van der Waals surface area contributed by atoms with Gasteiger partial charge in [-0.05, 0) is 32.0 Å². The number of ketones is 1. The first-order valence-electron chi connectivity index (χ1n) is 5.45. The Hall–Kier alpha value is -1.61. The third kappa shape index (κ3) is 1.99. The summed E-state index contributed by atoms with van der Waals surface area (Å²) in [6, 6.07) is 8.04. The number of aromatic amines is 1. The van der Waals surface area contributed by atoms with Crippen molar-refractivity contribution in [1.29, 1.82) is 0 Å².